The van der Waals surface area contributed by atoms with Crippen molar-refractivity contribution in [1.82, 2.24) is 4.90 Å². The fourth-order valence-corrected chi connectivity index (χ4v) is 6.48. The van der Waals surface area contributed by atoms with E-state index in [9.17, 15) is 14.0 Å². The Kier molecular flexibility index (Phi) is 5.96. The highest BCUT2D eigenvalue weighted by atomic mass is 19.1. The number of aryl methyl sites for hydroxylation is 1. The third kappa shape index (κ3) is 3.61. The number of anilines is 1. The van der Waals surface area contributed by atoms with Gasteiger partial charge in [-0.05, 0) is 48.9 Å². The van der Waals surface area contributed by atoms with Crippen LogP contribution in [0.3, 0.4) is 0 Å². The summed E-state index contributed by atoms with van der Waals surface area (Å²) in [6.07, 6.45) is 0. The van der Waals surface area contributed by atoms with E-state index < -0.39 is 11.5 Å². The molecule has 2 heterocycles. The quantitative estimate of drug-likeness (QED) is 0.308. The van der Waals surface area contributed by atoms with Crippen molar-refractivity contribution < 1.29 is 14.0 Å². The summed E-state index contributed by atoms with van der Waals surface area (Å²) < 4.78 is 13.9. The number of para-hydroxylation sites is 1. The summed E-state index contributed by atoms with van der Waals surface area (Å²) in [5.41, 5.74) is 4.10. The van der Waals surface area contributed by atoms with Gasteiger partial charge in [0.25, 0.3) is 5.91 Å². The number of hydrogen-bond acceptors (Lipinski definition) is 3. The zero-order valence-corrected chi connectivity index (χ0v) is 21.5. The van der Waals surface area contributed by atoms with Gasteiger partial charge < -0.3 is 4.90 Å². The minimum absolute atomic E-state index is 0.0785. The number of hydrogen-bond donors (Lipinski definition) is 0. The number of carbonyl (C=O) groups is 2. The van der Waals surface area contributed by atoms with Crippen molar-refractivity contribution in [2.45, 2.75) is 24.9 Å². The first-order chi connectivity index (χ1) is 18.4. The molecule has 0 saturated carbocycles. The third-order valence-electron chi connectivity index (χ3n) is 8.33. The lowest BCUT2D eigenvalue weighted by molar-refractivity contribution is -0.129. The van der Waals surface area contributed by atoms with Crippen molar-refractivity contribution in [3.05, 3.63) is 137 Å². The minimum atomic E-state index is -1.18. The number of ketones is 1. The van der Waals surface area contributed by atoms with E-state index in [1.807, 2.05) is 103 Å². The molecular weight excluding hydrogens is 475 g/mol. The van der Waals surface area contributed by atoms with E-state index >= 15 is 0 Å². The number of amides is 1. The summed E-state index contributed by atoms with van der Waals surface area (Å²) in [7, 11) is 1.93. The smallest absolute Gasteiger partial charge is 0.253 e. The lowest BCUT2D eigenvalue weighted by Gasteiger charge is -2.36. The van der Waals surface area contributed by atoms with Crippen molar-refractivity contribution in [2.24, 2.45) is 5.92 Å². The van der Waals surface area contributed by atoms with Crippen molar-refractivity contribution in [3.8, 4) is 0 Å². The first kappa shape index (κ1) is 24.3. The number of rotatable bonds is 5. The van der Waals surface area contributed by atoms with Crippen LogP contribution in [-0.4, -0.2) is 30.2 Å². The molecule has 0 radical (unpaired) electrons. The predicted octanol–water partition coefficient (Wildman–Crippen LogP) is 6.10. The van der Waals surface area contributed by atoms with Crippen molar-refractivity contribution in [3.63, 3.8) is 0 Å². The van der Waals surface area contributed by atoms with Gasteiger partial charge in [0.2, 0.25) is 0 Å². The molecule has 2 aliphatic rings. The Morgan fingerprint density at radius 3 is 2.29 bits per heavy atom. The number of likely N-dealkylation sites (N-methyl/N-ethyl adjacent to an activating group) is 1. The molecule has 4 aromatic carbocycles. The Morgan fingerprint density at radius 2 is 1.55 bits per heavy atom. The molecule has 0 aliphatic carbocycles. The second kappa shape index (κ2) is 9.34. The van der Waals surface area contributed by atoms with Crippen LogP contribution in [0, 0.1) is 18.7 Å². The standard InChI is InChI=1S/C33H29FN2O2/c1-22-10-6-7-13-25(22)20-36-29-15-9-8-14-28(29)33(32(36)38)30(31(37)24-11-4-3-5-12-24)27(21-35(33)2)23-16-18-26(34)19-17-23/h3-19,27,30H,20-21H2,1-2H3/t27-,30+,33-/m0/s1. The summed E-state index contributed by atoms with van der Waals surface area (Å²) in [6, 6.07) is 31.5. The van der Waals surface area contributed by atoms with Crippen LogP contribution in [0.2, 0.25) is 0 Å². The van der Waals surface area contributed by atoms with Gasteiger partial charge in [0.1, 0.15) is 11.4 Å². The zero-order valence-electron chi connectivity index (χ0n) is 21.5. The zero-order chi connectivity index (χ0) is 26.4. The second-order valence-corrected chi connectivity index (χ2v) is 10.3. The van der Waals surface area contributed by atoms with E-state index in [0.29, 0.717) is 18.7 Å². The van der Waals surface area contributed by atoms with Crippen LogP contribution in [0.4, 0.5) is 10.1 Å². The molecule has 1 fully saturated rings. The molecule has 5 heteroatoms. The monoisotopic (exact) mass is 504 g/mol. The van der Waals surface area contributed by atoms with Crippen LogP contribution in [0.15, 0.2) is 103 Å². The highest BCUT2D eigenvalue weighted by molar-refractivity contribution is 6.13. The van der Waals surface area contributed by atoms with E-state index in [4.69, 9.17) is 0 Å². The Labute approximate surface area is 222 Å². The van der Waals surface area contributed by atoms with Crippen molar-refractivity contribution >= 4 is 17.4 Å². The number of benzene rings is 4. The number of nitrogens with zero attached hydrogens (tertiary/aromatic N) is 2. The molecule has 4 nitrogen and oxygen atoms in total. The van der Waals surface area contributed by atoms with E-state index in [-0.39, 0.29) is 23.4 Å². The Bertz CT molecular complexity index is 1520. The predicted molar refractivity (Wildman–Crippen MR) is 147 cm³/mol. The van der Waals surface area contributed by atoms with Crippen LogP contribution in [-0.2, 0) is 16.9 Å². The molecule has 3 atom stereocenters. The topological polar surface area (TPSA) is 40.6 Å². The number of halogens is 1. The van der Waals surface area contributed by atoms with Crippen LogP contribution >= 0.6 is 0 Å². The number of Topliss-reactive ketones (excluding diaryl/α,β-unsaturated/α-hetero) is 1. The van der Waals surface area contributed by atoms with Crippen LogP contribution < -0.4 is 4.90 Å². The van der Waals surface area contributed by atoms with Gasteiger partial charge in [-0.2, -0.15) is 0 Å². The summed E-state index contributed by atoms with van der Waals surface area (Å²) in [6.45, 7) is 2.96. The Balaban J connectivity index is 1.54. The maximum Gasteiger partial charge on any atom is 0.253 e. The molecule has 1 spiro atoms. The summed E-state index contributed by atoms with van der Waals surface area (Å²) in [4.78, 5) is 33.1. The molecule has 0 N–H and O–H groups in total. The van der Waals surface area contributed by atoms with E-state index in [1.165, 1.54) is 12.1 Å². The average molecular weight is 505 g/mol. The summed E-state index contributed by atoms with van der Waals surface area (Å²) in [5, 5.41) is 0. The van der Waals surface area contributed by atoms with Gasteiger partial charge in [0.05, 0.1) is 12.5 Å². The van der Waals surface area contributed by atoms with Gasteiger partial charge in [0, 0.05) is 29.3 Å². The average Bonchev–Trinajstić information content (AvgIpc) is 3.38. The molecule has 1 saturated heterocycles. The van der Waals surface area contributed by atoms with Gasteiger partial charge in [0.15, 0.2) is 5.78 Å². The van der Waals surface area contributed by atoms with Crippen LogP contribution in [0.25, 0.3) is 0 Å². The highest BCUT2D eigenvalue weighted by Crippen LogP contribution is 2.57. The Morgan fingerprint density at radius 1 is 0.895 bits per heavy atom. The van der Waals surface area contributed by atoms with Gasteiger partial charge in [-0.15, -0.1) is 0 Å². The number of likely N-dealkylation sites (tertiary alicyclic amines) is 1. The second-order valence-electron chi connectivity index (χ2n) is 10.3. The molecule has 2 aliphatic heterocycles. The van der Waals surface area contributed by atoms with Crippen LogP contribution in [0.5, 0.6) is 0 Å². The number of carbonyl (C=O) groups excluding carboxylic acids is 2. The number of fused-ring (bicyclic) bond motifs is 2. The highest BCUT2D eigenvalue weighted by Gasteiger charge is 2.66. The van der Waals surface area contributed by atoms with E-state index in [0.717, 1.165) is 27.9 Å². The first-order valence-corrected chi connectivity index (χ1v) is 12.9. The van der Waals surface area contributed by atoms with Crippen molar-refractivity contribution in [2.75, 3.05) is 18.5 Å². The van der Waals surface area contributed by atoms with Gasteiger partial charge in [-0.25, -0.2) is 4.39 Å². The molecule has 0 aromatic heterocycles. The molecule has 1 amide bonds. The molecular formula is C33H29FN2O2. The van der Waals surface area contributed by atoms with Crippen molar-refractivity contribution in [1.29, 1.82) is 0 Å². The maximum absolute atomic E-state index is 14.8. The largest absolute Gasteiger partial charge is 0.306 e. The normalized spacial score (nSPS) is 22.7. The fraction of sp³-hybridized carbons (Fsp3) is 0.212. The SMILES string of the molecule is Cc1ccccc1CN1C(=O)[C@]2(c3ccccc31)[C@@H](C(=O)c1ccccc1)[C@H](c1ccc(F)cc1)CN2C. The van der Waals surface area contributed by atoms with E-state index in [1.54, 1.807) is 12.1 Å². The van der Waals surface area contributed by atoms with Gasteiger partial charge in [-0.1, -0.05) is 84.9 Å². The summed E-state index contributed by atoms with van der Waals surface area (Å²) >= 11 is 0. The van der Waals surface area contributed by atoms with Gasteiger partial charge >= 0.3 is 0 Å². The molecule has 6 rings (SSSR count). The summed E-state index contributed by atoms with van der Waals surface area (Å²) in [5.74, 6) is -1.47. The van der Waals surface area contributed by atoms with Gasteiger partial charge in [-0.3, -0.25) is 14.5 Å². The van der Waals surface area contributed by atoms with E-state index in [2.05, 4.69) is 0 Å². The Hall–Kier alpha value is -4.09. The minimum Gasteiger partial charge on any atom is -0.306 e. The lowest BCUT2D eigenvalue weighted by atomic mass is 9.70. The van der Waals surface area contributed by atoms with Crippen LogP contribution in [0.1, 0.15) is 38.5 Å². The molecule has 38 heavy (non-hydrogen) atoms. The molecule has 4 aromatic rings. The third-order valence-corrected chi connectivity index (χ3v) is 8.33. The fourth-order valence-electron chi connectivity index (χ4n) is 6.48. The first-order valence-electron chi connectivity index (χ1n) is 12.9. The molecule has 0 bridgehead atoms. The molecule has 0 unspecified atom stereocenters. The lowest BCUT2D eigenvalue weighted by Crippen LogP contribution is -2.53. The maximum atomic E-state index is 14.8. The molecule has 190 valence electrons.